The summed E-state index contributed by atoms with van der Waals surface area (Å²) in [5, 5.41) is 0. The van der Waals surface area contributed by atoms with E-state index in [1.54, 1.807) is 24.6 Å². The molecule has 0 unspecified atom stereocenters. The maximum atomic E-state index is 11.8. The second-order valence-corrected chi connectivity index (χ2v) is 6.08. The minimum absolute atomic E-state index is 0.335. The molecule has 2 heterocycles. The van der Waals surface area contributed by atoms with Gasteiger partial charge in [0, 0.05) is 18.7 Å². The Morgan fingerprint density at radius 2 is 1.85 bits per heavy atom. The van der Waals surface area contributed by atoms with Gasteiger partial charge >= 0.3 is 13.1 Å². The first kappa shape index (κ1) is 15.1. The van der Waals surface area contributed by atoms with E-state index in [0.717, 1.165) is 5.46 Å². The molecule has 2 rings (SSSR count). The van der Waals surface area contributed by atoms with Crippen molar-refractivity contribution in [3.63, 3.8) is 0 Å². The maximum absolute atomic E-state index is 11.8. The van der Waals surface area contributed by atoms with Crippen molar-refractivity contribution in [2.75, 3.05) is 6.61 Å². The average molecular weight is 279 g/mol. The molecule has 1 fully saturated rings. The third-order valence-electron chi connectivity index (χ3n) is 4.04. The van der Waals surface area contributed by atoms with E-state index >= 15 is 0 Å². The van der Waals surface area contributed by atoms with Crippen LogP contribution in [0.4, 0.5) is 0 Å². The fourth-order valence-corrected chi connectivity index (χ4v) is 2.11. The molecule has 6 heteroatoms. The Balaban J connectivity index is 2.24. The van der Waals surface area contributed by atoms with E-state index in [2.05, 4.69) is 0 Å². The van der Waals surface area contributed by atoms with Gasteiger partial charge in [0.15, 0.2) is 0 Å². The van der Waals surface area contributed by atoms with E-state index in [0.29, 0.717) is 12.3 Å². The molecule has 0 atom stereocenters. The van der Waals surface area contributed by atoms with Crippen LogP contribution in [0.1, 0.15) is 45.1 Å². The number of hydrogen-bond donors (Lipinski definition) is 0. The molecule has 110 valence electrons. The fraction of sp³-hybridized carbons (Fsp3) is 0.643. The smallest absolute Gasteiger partial charge is 0.461 e. The third kappa shape index (κ3) is 2.50. The van der Waals surface area contributed by atoms with E-state index in [4.69, 9.17) is 14.0 Å². The number of carbonyl (C=O) groups is 1. The van der Waals surface area contributed by atoms with Crippen LogP contribution in [0, 0.1) is 0 Å². The minimum Gasteiger partial charge on any atom is -0.461 e. The predicted octanol–water partition coefficient (Wildman–Crippen LogP) is 1.50. The Kier molecular flexibility index (Phi) is 3.73. The van der Waals surface area contributed by atoms with Crippen molar-refractivity contribution in [2.24, 2.45) is 7.05 Å². The monoisotopic (exact) mass is 279 g/mol. The molecule has 1 aromatic rings. The number of aryl methyl sites for hydroxylation is 1. The van der Waals surface area contributed by atoms with Crippen LogP contribution in [0.3, 0.4) is 0 Å². The van der Waals surface area contributed by atoms with Crippen LogP contribution in [0.2, 0.25) is 0 Å². The molecule has 1 aliphatic rings. The summed E-state index contributed by atoms with van der Waals surface area (Å²) in [6, 6.07) is 1.76. The van der Waals surface area contributed by atoms with Gasteiger partial charge in [-0.15, -0.1) is 0 Å². The van der Waals surface area contributed by atoms with E-state index in [-0.39, 0.29) is 5.97 Å². The van der Waals surface area contributed by atoms with Gasteiger partial charge in [-0.1, -0.05) is 0 Å². The number of carbonyl (C=O) groups excluding carboxylic acids is 1. The van der Waals surface area contributed by atoms with Gasteiger partial charge in [-0.05, 0) is 40.7 Å². The van der Waals surface area contributed by atoms with E-state index in [1.807, 2.05) is 33.9 Å². The van der Waals surface area contributed by atoms with Gasteiger partial charge in [0.2, 0.25) is 0 Å². The van der Waals surface area contributed by atoms with Gasteiger partial charge in [0.25, 0.3) is 0 Å². The third-order valence-corrected chi connectivity index (χ3v) is 4.04. The molecular weight excluding hydrogens is 257 g/mol. The van der Waals surface area contributed by atoms with Crippen molar-refractivity contribution in [3.8, 4) is 0 Å². The van der Waals surface area contributed by atoms with Crippen LogP contribution in [0.5, 0.6) is 0 Å². The lowest BCUT2D eigenvalue weighted by Gasteiger charge is -2.32. The summed E-state index contributed by atoms with van der Waals surface area (Å²) in [5.74, 6) is -0.335. The largest absolute Gasteiger partial charge is 0.496 e. The molecule has 0 saturated carbocycles. The van der Waals surface area contributed by atoms with Crippen LogP contribution >= 0.6 is 0 Å². The molecule has 1 aromatic heterocycles. The summed E-state index contributed by atoms with van der Waals surface area (Å²) in [6.07, 6.45) is 1.84. The molecule has 0 radical (unpaired) electrons. The van der Waals surface area contributed by atoms with Crippen LogP contribution in [-0.2, 0) is 21.1 Å². The summed E-state index contributed by atoms with van der Waals surface area (Å²) in [7, 11) is 1.34. The molecule has 1 saturated heterocycles. The highest BCUT2D eigenvalue weighted by atomic mass is 16.7. The van der Waals surface area contributed by atoms with Crippen molar-refractivity contribution >= 4 is 18.6 Å². The minimum atomic E-state index is -0.464. The van der Waals surface area contributed by atoms with Gasteiger partial charge in [0.05, 0.1) is 17.8 Å². The first-order valence-corrected chi connectivity index (χ1v) is 6.87. The van der Waals surface area contributed by atoms with E-state index in [9.17, 15) is 4.79 Å². The number of ether oxygens (including phenoxy) is 1. The molecule has 1 aliphatic heterocycles. The summed E-state index contributed by atoms with van der Waals surface area (Å²) in [6.45, 7) is 10.2. The van der Waals surface area contributed by atoms with Gasteiger partial charge in [-0.3, -0.25) is 0 Å². The van der Waals surface area contributed by atoms with E-state index < -0.39 is 18.3 Å². The normalized spacial score (nSPS) is 20.2. The van der Waals surface area contributed by atoms with Crippen molar-refractivity contribution in [3.05, 3.63) is 18.0 Å². The quantitative estimate of drug-likeness (QED) is 0.621. The molecule has 0 bridgehead atoms. The summed E-state index contributed by atoms with van der Waals surface area (Å²) in [5.41, 5.74) is 0.542. The van der Waals surface area contributed by atoms with Crippen molar-refractivity contribution in [1.82, 2.24) is 4.57 Å². The zero-order valence-corrected chi connectivity index (χ0v) is 13.0. The number of aromatic nitrogens is 1. The second-order valence-electron chi connectivity index (χ2n) is 6.08. The zero-order chi connectivity index (χ0) is 15.1. The molecular formula is C14H22BNO4. The van der Waals surface area contributed by atoms with Crippen LogP contribution in [-0.4, -0.2) is 35.5 Å². The van der Waals surface area contributed by atoms with Crippen molar-refractivity contribution in [1.29, 1.82) is 0 Å². The fourth-order valence-electron chi connectivity index (χ4n) is 2.11. The highest BCUT2D eigenvalue weighted by Gasteiger charge is 2.52. The van der Waals surface area contributed by atoms with Gasteiger partial charge in [-0.25, -0.2) is 4.79 Å². The lowest BCUT2D eigenvalue weighted by molar-refractivity contribution is 0.00578. The first-order valence-electron chi connectivity index (χ1n) is 6.87. The first-order chi connectivity index (χ1) is 9.18. The molecule has 0 N–H and O–H groups in total. The molecule has 0 aliphatic carbocycles. The van der Waals surface area contributed by atoms with Gasteiger partial charge < -0.3 is 18.6 Å². The van der Waals surface area contributed by atoms with Crippen molar-refractivity contribution < 1.29 is 18.8 Å². The Hall–Kier alpha value is -1.27. The van der Waals surface area contributed by atoms with Crippen LogP contribution in [0.25, 0.3) is 0 Å². The van der Waals surface area contributed by atoms with Gasteiger partial charge in [-0.2, -0.15) is 0 Å². The standard InChI is InChI=1S/C14H22BNO4/c1-7-18-12(17)11-8-10(9-16(11)6)15-19-13(2,3)14(4,5)20-15/h8-9H,7H2,1-6H3. The topological polar surface area (TPSA) is 49.7 Å². The Morgan fingerprint density at radius 3 is 2.35 bits per heavy atom. The van der Waals surface area contributed by atoms with Crippen molar-refractivity contribution in [2.45, 2.75) is 45.8 Å². The average Bonchev–Trinajstić information content (AvgIpc) is 2.78. The Labute approximate surface area is 120 Å². The summed E-state index contributed by atoms with van der Waals surface area (Å²) in [4.78, 5) is 11.8. The summed E-state index contributed by atoms with van der Waals surface area (Å²) >= 11 is 0. The lowest BCUT2D eigenvalue weighted by Crippen LogP contribution is -2.41. The maximum Gasteiger partial charge on any atom is 0.496 e. The summed E-state index contributed by atoms with van der Waals surface area (Å²) < 4.78 is 18.7. The van der Waals surface area contributed by atoms with Crippen LogP contribution < -0.4 is 5.46 Å². The number of hydrogen-bond acceptors (Lipinski definition) is 4. The lowest BCUT2D eigenvalue weighted by atomic mass is 9.81. The molecule has 20 heavy (non-hydrogen) atoms. The van der Waals surface area contributed by atoms with Crippen LogP contribution in [0.15, 0.2) is 12.3 Å². The zero-order valence-electron chi connectivity index (χ0n) is 13.0. The molecule has 0 amide bonds. The molecule has 0 spiro atoms. The highest BCUT2D eigenvalue weighted by molar-refractivity contribution is 6.62. The number of rotatable bonds is 3. The molecule has 0 aromatic carbocycles. The molecule has 5 nitrogen and oxygen atoms in total. The highest BCUT2D eigenvalue weighted by Crippen LogP contribution is 2.36. The predicted molar refractivity (Wildman–Crippen MR) is 77.1 cm³/mol. The Bertz CT molecular complexity index is 505. The second kappa shape index (κ2) is 4.93. The Morgan fingerprint density at radius 1 is 1.30 bits per heavy atom. The van der Waals surface area contributed by atoms with E-state index in [1.165, 1.54) is 0 Å². The number of esters is 1. The SMILES string of the molecule is CCOC(=O)c1cc(B2OC(C)(C)C(C)(C)O2)cn1C. The van der Waals surface area contributed by atoms with Gasteiger partial charge in [0.1, 0.15) is 5.69 Å². The number of nitrogens with zero attached hydrogens (tertiary/aromatic N) is 1.